The van der Waals surface area contributed by atoms with E-state index in [1.54, 1.807) is 6.07 Å². The lowest BCUT2D eigenvalue weighted by atomic mass is 9.82. The Bertz CT molecular complexity index is 1010. The predicted octanol–water partition coefficient (Wildman–Crippen LogP) is -0.436. The normalized spacial score (nSPS) is 12.1. The molecule has 0 fully saturated rings. The molecule has 0 radical (unpaired) electrons. The summed E-state index contributed by atoms with van der Waals surface area (Å²) in [6.45, 7) is 0.149. The number of nitrogens with one attached hydrogen (secondary N) is 1. The molecular weight excluding hydrogens is 394 g/mol. The van der Waals surface area contributed by atoms with Gasteiger partial charge >= 0.3 is 19.2 Å². The molecule has 0 saturated carbocycles. The maximum Gasteiger partial charge on any atom is 0.490 e. The van der Waals surface area contributed by atoms with E-state index in [9.17, 15) is 18.3 Å². The quantitative estimate of drug-likeness (QED) is 0.226. The first-order valence-corrected chi connectivity index (χ1v) is 8.08. The zero-order valence-corrected chi connectivity index (χ0v) is 14.5. The minimum atomic E-state index is -4.53. The molecule has 1 aromatic carbocycles. The highest BCUT2D eigenvalue weighted by atomic mass is 19.4. The molecule has 0 bridgehead atoms. The molecule has 3 aromatic rings. The van der Waals surface area contributed by atoms with Gasteiger partial charge in [0, 0.05) is 17.3 Å². The number of amidine groups is 1. The van der Waals surface area contributed by atoms with Crippen LogP contribution in [0.3, 0.4) is 0 Å². The van der Waals surface area contributed by atoms with E-state index >= 15 is 0 Å². The molecule has 13 heteroatoms. The van der Waals surface area contributed by atoms with Gasteiger partial charge in [0.05, 0.1) is 11.6 Å². The van der Waals surface area contributed by atoms with Crippen molar-refractivity contribution < 1.29 is 37.5 Å². The summed E-state index contributed by atoms with van der Waals surface area (Å²) in [5, 5.41) is 35.8. The number of benzene rings is 1. The molecule has 0 unspecified atom stereocenters. The average Bonchev–Trinajstić information content (AvgIpc) is 3.08. The molecule has 29 heavy (non-hydrogen) atoms. The number of aliphatic imine (C=N–C) groups is 1. The van der Waals surface area contributed by atoms with Crippen molar-refractivity contribution in [1.29, 1.82) is 0 Å². The van der Waals surface area contributed by atoms with Gasteiger partial charge < -0.3 is 20.5 Å². The highest BCUT2D eigenvalue weighted by Crippen LogP contribution is 2.30. The van der Waals surface area contributed by atoms with Gasteiger partial charge in [-0.15, -0.1) is 0 Å². The van der Waals surface area contributed by atoms with E-state index in [1.807, 2.05) is 0 Å². The van der Waals surface area contributed by atoms with Crippen LogP contribution in [0.25, 0.3) is 0 Å². The van der Waals surface area contributed by atoms with Crippen LogP contribution < -0.4 is 20.6 Å². The first-order chi connectivity index (χ1) is 13.7. The number of rotatable bonds is 5. The Balaban J connectivity index is 1.66. The van der Waals surface area contributed by atoms with Crippen LogP contribution in [0.2, 0.25) is 0 Å². The molecule has 0 aliphatic heterocycles. The SMILES string of the molecule is [O-]/C(=N\c1c[n+](Cc2ccc(B(O)O)cn2)no1)Nc1cccc(C(F)(F)F)c1. The molecule has 2 aromatic heterocycles. The number of nitrogens with zero attached hydrogens (tertiary/aromatic N) is 4. The van der Waals surface area contributed by atoms with E-state index in [0.29, 0.717) is 5.69 Å². The minimum absolute atomic E-state index is 0.0728. The lowest BCUT2D eigenvalue weighted by Crippen LogP contribution is -2.36. The minimum Gasteiger partial charge on any atom is -0.846 e. The van der Waals surface area contributed by atoms with Crippen molar-refractivity contribution in [2.75, 3.05) is 5.32 Å². The summed E-state index contributed by atoms with van der Waals surface area (Å²) < 4.78 is 44.3. The number of hydrogen-bond acceptors (Lipinski definition) is 7. The van der Waals surface area contributed by atoms with Gasteiger partial charge in [-0.25, -0.2) is 4.99 Å². The van der Waals surface area contributed by atoms with Gasteiger partial charge in [0.15, 0.2) is 0 Å². The maximum atomic E-state index is 12.7. The smallest absolute Gasteiger partial charge is 0.490 e. The second-order valence-corrected chi connectivity index (χ2v) is 5.81. The van der Waals surface area contributed by atoms with Crippen LogP contribution in [0.4, 0.5) is 24.7 Å². The third kappa shape index (κ3) is 5.52. The van der Waals surface area contributed by atoms with Crippen LogP contribution in [0.1, 0.15) is 11.3 Å². The number of hydrogen-bond donors (Lipinski definition) is 3. The summed E-state index contributed by atoms with van der Waals surface area (Å²) in [4.78, 5) is 7.60. The van der Waals surface area contributed by atoms with Gasteiger partial charge in [0.2, 0.25) is 11.8 Å². The molecular formula is C16H13BF3N5O4. The van der Waals surface area contributed by atoms with E-state index in [0.717, 1.165) is 18.2 Å². The summed E-state index contributed by atoms with van der Waals surface area (Å²) in [6, 6.07) is 6.21. The first-order valence-electron chi connectivity index (χ1n) is 8.08. The fourth-order valence-corrected chi connectivity index (χ4v) is 2.27. The van der Waals surface area contributed by atoms with Crippen LogP contribution in [-0.4, -0.2) is 33.4 Å². The molecule has 2 heterocycles. The monoisotopic (exact) mass is 407 g/mol. The topological polar surface area (TPSA) is 131 Å². The Kier molecular flexibility index (Phi) is 5.80. The average molecular weight is 407 g/mol. The fourth-order valence-electron chi connectivity index (χ4n) is 2.27. The molecule has 0 aliphatic carbocycles. The molecule has 0 saturated heterocycles. The Morgan fingerprint density at radius 2 is 2.07 bits per heavy atom. The molecule has 3 rings (SSSR count). The number of pyridine rings is 1. The second-order valence-electron chi connectivity index (χ2n) is 5.81. The molecule has 0 spiro atoms. The molecule has 0 atom stereocenters. The van der Waals surface area contributed by atoms with Crippen molar-refractivity contribution in [1.82, 2.24) is 10.3 Å². The Morgan fingerprint density at radius 1 is 1.28 bits per heavy atom. The van der Waals surface area contributed by atoms with Crippen molar-refractivity contribution >= 4 is 30.2 Å². The number of alkyl halides is 3. The fraction of sp³-hybridized carbons (Fsp3) is 0.125. The Hall–Kier alpha value is -3.45. The van der Waals surface area contributed by atoms with E-state index in [1.165, 1.54) is 29.2 Å². The van der Waals surface area contributed by atoms with Gasteiger partial charge in [-0.2, -0.15) is 13.2 Å². The second kappa shape index (κ2) is 8.28. The van der Waals surface area contributed by atoms with E-state index in [4.69, 9.17) is 14.6 Å². The highest BCUT2D eigenvalue weighted by molar-refractivity contribution is 6.58. The van der Waals surface area contributed by atoms with Crippen LogP contribution in [0, 0.1) is 0 Å². The van der Waals surface area contributed by atoms with Gasteiger partial charge in [-0.1, -0.05) is 12.1 Å². The number of aromatic nitrogens is 3. The van der Waals surface area contributed by atoms with E-state index < -0.39 is 24.9 Å². The summed E-state index contributed by atoms with van der Waals surface area (Å²) >= 11 is 0. The highest BCUT2D eigenvalue weighted by Gasteiger charge is 2.30. The number of halogens is 3. The third-order valence-corrected chi connectivity index (χ3v) is 3.62. The number of anilines is 1. The molecule has 3 N–H and O–H groups in total. The third-order valence-electron chi connectivity index (χ3n) is 3.62. The van der Waals surface area contributed by atoms with Crippen LogP contribution in [-0.2, 0) is 12.7 Å². The van der Waals surface area contributed by atoms with Crippen molar-refractivity contribution in [3.8, 4) is 0 Å². The van der Waals surface area contributed by atoms with Crippen molar-refractivity contribution in [3.63, 3.8) is 0 Å². The van der Waals surface area contributed by atoms with E-state index in [-0.39, 0.29) is 23.6 Å². The zero-order chi connectivity index (χ0) is 21.0. The van der Waals surface area contributed by atoms with Gasteiger partial charge in [-0.05, 0) is 28.9 Å². The lowest BCUT2D eigenvalue weighted by Gasteiger charge is -2.14. The van der Waals surface area contributed by atoms with Crippen LogP contribution in [0.15, 0.2) is 58.3 Å². The maximum absolute atomic E-state index is 12.7. The van der Waals surface area contributed by atoms with Gasteiger partial charge in [0.25, 0.3) is 6.20 Å². The summed E-state index contributed by atoms with van der Waals surface area (Å²) in [5.74, 6) is -0.170. The van der Waals surface area contributed by atoms with Gasteiger partial charge in [0.1, 0.15) is 5.69 Å². The van der Waals surface area contributed by atoms with Crippen molar-refractivity contribution in [2.24, 2.45) is 4.99 Å². The van der Waals surface area contributed by atoms with Crippen LogP contribution in [0.5, 0.6) is 0 Å². The van der Waals surface area contributed by atoms with Crippen LogP contribution >= 0.6 is 0 Å². The predicted molar refractivity (Wildman–Crippen MR) is 92.0 cm³/mol. The summed E-state index contributed by atoms with van der Waals surface area (Å²) in [6.07, 6.45) is -1.95. The molecule has 150 valence electrons. The summed E-state index contributed by atoms with van der Waals surface area (Å²) in [5.41, 5.74) is -0.232. The van der Waals surface area contributed by atoms with Crippen molar-refractivity contribution in [2.45, 2.75) is 12.7 Å². The Labute approximate surface area is 161 Å². The summed E-state index contributed by atoms with van der Waals surface area (Å²) in [7, 11) is -1.63. The molecule has 0 amide bonds. The largest absolute Gasteiger partial charge is 0.846 e. The first kappa shape index (κ1) is 20.3. The van der Waals surface area contributed by atoms with Crippen molar-refractivity contribution in [3.05, 3.63) is 60.0 Å². The standard InChI is InChI=1S/C16H13BF3N5O4/c18-16(19,20)10-2-1-3-12(6-10)22-15(26)23-14-9-25(24-29-14)8-13-5-4-11(7-21-13)17(27)28/h1-7,9,27-28H,8H2,(H-,22,23,24,26). The molecule has 0 aliphatic rings. The molecule has 9 nitrogen and oxygen atoms in total. The van der Waals surface area contributed by atoms with E-state index in [2.05, 4.69) is 20.6 Å². The Morgan fingerprint density at radius 3 is 2.72 bits per heavy atom. The zero-order valence-electron chi connectivity index (χ0n) is 14.5. The van der Waals surface area contributed by atoms with Gasteiger partial charge in [-0.3, -0.25) is 9.51 Å². The lowest BCUT2D eigenvalue weighted by molar-refractivity contribution is -0.755.